The quantitative estimate of drug-likeness (QED) is 0.374. The second-order valence-corrected chi connectivity index (χ2v) is 6.74. The molecule has 13 heteroatoms. The fourth-order valence-corrected chi connectivity index (χ4v) is 3.22. The molecule has 2 aromatic heterocycles. The highest BCUT2D eigenvalue weighted by Gasteiger charge is 2.20. The molecule has 0 aliphatic carbocycles. The lowest BCUT2D eigenvalue weighted by atomic mass is 10.2. The summed E-state index contributed by atoms with van der Waals surface area (Å²) in [6, 6.07) is 2.84. The van der Waals surface area contributed by atoms with Crippen molar-refractivity contribution in [3.8, 4) is 23.0 Å². The van der Waals surface area contributed by atoms with Gasteiger partial charge in [0.05, 0.1) is 26.6 Å². The van der Waals surface area contributed by atoms with Crippen molar-refractivity contribution < 1.29 is 29.1 Å². The van der Waals surface area contributed by atoms with Gasteiger partial charge in [0.25, 0.3) is 11.1 Å². The number of rotatable bonds is 3. The molecule has 0 bridgehead atoms. The lowest BCUT2D eigenvalue weighted by Gasteiger charge is -2.11. The summed E-state index contributed by atoms with van der Waals surface area (Å²) in [6.45, 7) is -0.747. The Hall–Kier alpha value is -4.19. The average molecular weight is 451 g/mol. The van der Waals surface area contributed by atoms with Crippen molar-refractivity contribution in [3.05, 3.63) is 64.8 Å². The van der Waals surface area contributed by atoms with Gasteiger partial charge in [0.1, 0.15) is 0 Å². The van der Waals surface area contributed by atoms with Crippen LogP contribution < -0.4 is 27.1 Å². The Morgan fingerprint density at radius 3 is 2.26 bits per heavy atom. The number of aromatic nitrogens is 2. The maximum atomic E-state index is 12.6. The second-order valence-electron chi connectivity index (χ2n) is 6.36. The third-order valence-electron chi connectivity index (χ3n) is 4.47. The van der Waals surface area contributed by atoms with Crippen LogP contribution in [0.3, 0.4) is 0 Å². The number of phenolic OH excluding ortho intramolecular Hbond substituents is 3. The number of hydrogen-bond donors (Lipinski definition) is 3. The molecule has 0 amide bonds. The van der Waals surface area contributed by atoms with E-state index in [4.69, 9.17) is 25.4 Å². The van der Waals surface area contributed by atoms with Gasteiger partial charge in [-0.3, -0.25) is 9.59 Å². The van der Waals surface area contributed by atoms with Gasteiger partial charge >= 0.3 is 11.3 Å². The number of aromatic hydroxyl groups is 3. The van der Waals surface area contributed by atoms with Crippen LogP contribution in [-0.4, -0.2) is 24.8 Å². The van der Waals surface area contributed by atoms with Gasteiger partial charge in [-0.15, -0.1) is 4.74 Å². The first-order valence-corrected chi connectivity index (χ1v) is 8.76. The Balaban J connectivity index is 1.81. The van der Waals surface area contributed by atoms with Crippen LogP contribution in [0.1, 0.15) is 0 Å². The molecule has 0 saturated carbocycles. The summed E-state index contributed by atoms with van der Waals surface area (Å²) in [4.78, 5) is 48.8. The van der Waals surface area contributed by atoms with Crippen LogP contribution in [0, 0.1) is 0 Å². The third kappa shape index (κ3) is 3.09. The van der Waals surface area contributed by atoms with E-state index < -0.39 is 56.8 Å². The van der Waals surface area contributed by atoms with Crippen molar-refractivity contribution in [1.82, 2.24) is 9.48 Å². The monoisotopic (exact) mass is 450 g/mol. The average Bonchev–Trinajstić information content (AvgIpc) is 2.72. The lowest BCUT2D eigenvalue weighted by molar-refractivity contribution is 0.105. The van der Waals surface area contributed by atoms with E-state index in [0.29, 0.717) is 9.48 Å². The van der Waals surface area contributed by atoms with Crippen molar-refractivity contribution in [2.24, 2.45) is 7.05 Å². The summed E-state index contributed by atoms with van der Waals surface area (Å²) in [5.41, 5.74) is -3.60. The van der Waals surface area contributed by atoms with Gasteiger partial charge in [0, 0.05) is 7.05 Å². The fourth-order valence-electron chi connectivity index (χ4n) is 2.94. The van der Waals surface area contributed by atoms with Gasteiger partial charge in [0.2, 0.25) is 0 Å². The highest BCUT2D eigenvalue weighted by atomic mass is 35.5. The summed E-state index contributed by atoms with van der Waals surface area (Å²) in [5.74, 6) is -2.37. The van der Waals surface area contributed by atoms with Crippen LogP contribution in [0.2, 0.25) is 5.02 Å². The van der Waals surface area contributed by atoms with Crippen LogP contribution in [0.15, 0.2) is 46.4 Å². The normalized spacial score (nSPS) is 11.3. The van der Waals surface area contributed by atoms with E-state index in [9.17, 15) is 34.5 Å². The predicted molar refractivity (Wildman–Crippen MR) is 105 cm³/mol. The molecular weight excluding hydrogens is 440 g/mol. The number of ether oxygens (including phenoxy) is 1. The van der Waals surface area contributed by atoms with Crippen LogP contribution in [0.25, 0.3) is 21.5 Å². The maximum absolute atomic E-state index is 12.6. The predicted octanol–water partition coefficient (Wildman–Crippen LogP) is 0.566. The van der Waals surface area contributed by atoms with Gasteiger partial charge in [-0.25, -0.2) is 9.59 Å². The minimum absolute atomic E-state index is 0.123. The van der Waals surface area contributed by atoms with Gasteiger partial charge in [-0.05, 0) is 18.2 Å². The second kappa shape index (κ2) is 6.95. The molecule has 4 rings (SSSR count). The molecule has 0 atom stereocenters. The molecule has 160 valence electrons. The molecule has 0 spiro atoms. The molecule has 0 saturated heterocycles. The standard InChI is InChI=1S/C18H11ClN2O10/c1-20-15(25)6-4-11(9(22)2-7(6)17(27)30-20)29-5-21-16(26)12-8(18(28)31-21)3-10(23)14(24)13(12)19/h2-4,22-24H,5H2,1H3. The number of fused-ring (bicyclic) bond motifs is 2. The number of aryl methyl sites for hydroxylation is 1. The first-order chi connectivity index (χ1) is 14.6. The summed E-state index contributed by atoms with van der Waals surface area (Å²) in [7, 11) is 1.22. The summed E-state index contributed by atoms with van der Waals surface area (Å²) in [5, 5.41) is 27.7. The van der Waals surface area contributed by atoms with Gasteiger partial charge in [-0.1, -0.05) is 11.6 Å². The molecule has 2 aromatic carbocycles. The molecule has 0 unspecified atom stereocenters. The largest absolute Gasteiger partial charge is 0.504 e. The first-order valence-electron chi connectivity index (χ1n) is 8.39. The number of halogens is 1. The lowest BCUT2D eigenvalue weighted by Crippen LogP contribution is -2.27. The molecule has 31 heavy (non-hydrogen) atoms. The van der Waals surface area contributed by atoms with Crippen molar-refractivity contribution >= 4 is 33.1 Å². The molecule has 12 nitrogen and oxygen atoms in total. The molecular formula is C18H11ClN2O10. The van der Waals surface area contributed by atoms with E-state index in [-0.39, 0.29) is 21.9 Å². The fraction of sp³-hybridized carbons (Fsp3) is 0.111. The first kappa shape index (κ1) is 20.1. The van der Waals surface area contributed by atoms with Crippen molar-refractivity contribution in [3.63, 3.8) is 0 Å². The summed E-state index contributed by atoms with van der Waals surface area (Å²) in [6.07, 6.45) is 0. The van der Waals surface area contributed by atoms with E-state index >= 15 is 0 Å². The highest BCUT2D eigenvalue weighted by molar-refractivity contribution is 6.37. The molecule has 0 aliphatic rings. The number of nitrogens with zero attached hydrogens (tertiary/aromatic N) is 2. The van der Waals surface area contributed by atoms with Crippen molar-refractivity contribution in [2.75, 3.05) is 0 Å². The Morgan fingerprint density at radius 2 is 1.55 bits per heavy atom. The molecule has 0 radical (unpaired) electrons. The smallest absolute Gasteiger partial charge is 0.364 e. The Labute approximate surface area is 173 Å². The van der Waals surface area contributed by atoms with Crippen LogP contribution in [-0.2, 0) is 13.8 Å². The van der Waals surface area contributed by atoms with Crippen LogP contribution >= 0.6 is 11.6 Å². The molecule has 0 fully saturated rings. The van der Waals surface area contributed by atoms with Gasteiger partial charge in [-0.2, -0.15) is 4.74 Å². The van der Waals surface area contributed by atoms with Crippen molar-refractivity contribution in [1.29, 1.82) is 0 Å². The zero-order valence-corrected chi connectivity index (χ0v) is 16.2. The number of phenols is 3. The molecule has 0 aliphatic heterocycles. The van der Waals surface area contributed by atoms with E-state index in [1.165, 1.54) is 7.05 Å². The molecule has 2 heterocycles. The van der Waals surface area contributed by atoms with Crippen LogP contribution in [0.5, 0.6) is 23.0 Å². The summed E-state index contributed by atoms with van der Waals surface area (Å²) >= 11 is 5.88. The van der Waals surface area contributed by atoms with Crippen molar-refractivity contribution in [2.45, 2.75) is 6.73 Å². The Kier molecular flexibility index (Phi) is 4.51. The van der Waals surface area contributed by atoms with Gasteiger partial charge < -0.3 is 29.1 Å². The Bertz CT molecular complexity index is 1630. The summed E-state index contributed by atoms with van der Waals surface area (Å²) < 4.78 is 16.0. The minimum Gasteiger partial charge on any atom is -0.504 e. The number of benzene rings is 2. The van der Waals surface area contributed by atoms with E-state index in [1.807, 2.05) is 0 Å². The SMILES string of the molecule is Cn1oc(=O)c2cc(O)c(OCn3oc(=O)c4cc(O)c(O)c(Cl)c4c3=O)cc2c1=O. The highest BCUT2D eigenvalue weighted by Crippen LogP contribution is 2.37. The molecule has 3 N–H and O–H groups in total. The minimum atomic E-state index is -1.07. The van der Waals surface area contributed by atoms with E-state index in [2.05, 4.69) is 0 Å². The zero-order chi connectivity index (χ0) is 22.6. The molecule has 4 aromatic rings. The van der Waals surface area contributed by atoms with E-state index in [0.717, 1.165) is 18.2 Å². The maximum Gasteiger partial charge on any atom is 0.364 e. The van der Waals surface area contributed by atoms with E-state index in [1.54, 1.807) is 0 Å². The number of hydrogen-bond acceptors (Lipinski definition) is 10. The van der Waals surface area contributed by atoms with Gasteiger partial charge in [0.15, 0.2) is 29.7 Å². The zero-order valence-electron chi connectivity index (χ0n) is 15.4. The van der Waals surface area contributed by atoms with Crippen LogP contribution in [0.4, 0.5) is 0 Å². The Morgan fingerprint density at radius 1 is 0.903 bits per heavy atom. The topological polar surface area (TPSA) is 174 Å². The third-order valence-corrected chi connectivity index (χ3v) is 4.83.